The Morgan fingerprint density at radius 3 is 3.06 bits per heavy atom. The van der Waals surface area contributed by atoms with Crippen molar-refractivity contribution in [3.63, 3.8) is 0 Å². The third kappa shape index (κ3) is 3.44. The lowest BCUT2D eigenvalue weighted by Crippen LogP contribution is -2.09. The third-order valence-electron chi connectivity index (χ3n) is 3.14. The lowest BCUT2D eigenvalue weighted by molar-refractivity contribution is 0.103. The Bertz CT molecular complexity index is 436. The van der Waals surface area contributed by atoms with Crippen molar-refractivity contribution in [3.05, 3.63) is 29.6 Å². The molecular formula is C14H17FN2O. The Morgan fingerprint density at radius 1 is 1.50 bits per heavy atom. The monoisotopic (exact) mass is 248 g/mol. The minimum atomic E-state index is -0.369. The van der Waals surface area contributed by atoms with Crippen molar-refractivity contribution in [3.8, 4) is 6.07 Å². The molecule has 1 atom stereocenters. The third-order valence-corrected chi connectivity index (χ3v) is 3.14. The number of anilines is 1. The largest absolute Gasteiger partial charge is 0.383 e. The van der Waals surface area contributed by atoms with E-state index in [4.69, 9.17) is 10.00 Å². The zero-order valence-electron chi connectivity index (χ0n) is 10.3. The van der Waals surface area contributed by atoms with E-state index in [0.717, 1.165) is 38.8 Å². The molecular weight excluding hydrogens is 231 g/mol. The highest BCUT2D eigenvalue weighted by Gasteiger charge is 2.14. The Labute approximate surface area is 107 Å². The van der Waals surface area contributed by atoms with Crippen LogP contribution in [0.5, 0.6) is 0 Å². The van der Waals surface area contributed by atoms with Gasteiger partial charge in [-0.2, -0.15) is 5.26 Å². The molecule has 1 aromatic carbocycles. The van der Waals surface area contributed by atoms with E-state index in [-0.39, 0.29) is 5.82 Å². The highest BCUT2D eigenvalue weighted by Crippen LogP contribution is 2.18. The van der Waals surface area contributed by atoms with Crippen molar-refractivity contribution in [2.45, 2.75) is 31.8 Å². The van der Waals surface area contributed by atoms with Gasteiger partial charge >= 0.3 is 0 Å². The molecule has 1 saturated heterocycles. The predicted molar refractivity (Wildman–Crippen MR) is 67.8 cm³/mol. The maximum atomic E-state index is 13.5. The molecule has 1 unspecified atom stereocenters. The highest BCUT2D eigenvalue weighted by molar-refractivity contribution is 5.48. The van der Waals surface area contributed by atoms with Crippen LogP contribution in [0.4, 0.5) is 10.1 Å². The van der Waals surface area contributed by atoms with Gasteiger partial charge in [-0.25, -0.2) is 4.39 Å². The smallest absolute Gasteiger partial charge is 0.147 e. The molecule has 1 fully saturated rings. The Hall–Kier alpha value is -1.60. The summed E-state index contributed by atoms with van der Waals surface area (Å²) in [7, 11) is 0. The molecule has 1 aliphatic heterocycles. The average Bonchev–Trinajstić information content (AvgIpc) is 2.89. The van der Waals surface area contributed by atoms with Gasteiger partial charge in [-0.05, 0) is 43.9 Å². The molecule has 1 aromatic rings. The Kier molecular flexibility index (Phi) is 4.54. The second-order valence-electron chi connectivity index (χ2n) is 4.51. The summed E-state index contributed by atoms with van der Waals surface area (Å²) in [5.41, 5.74) is 0.804. The van der Waals surface area contributed by atoms with Gasteiger partial charge in [0, 0.05) is 13.2 Å². The molecule has 0 radical (unpaired) electrons. The standard InChI is InChI=1S/C14H17FN2O/c15-13-9-11(10-16)5-6-14(13)17-7-1-3-12-4-2-8-18-12/h5-6,9,12,17H,1-4,7-8H2. The van der Waals surface area contributed by atoms with Crippen LogP contribution in [0.3, 0.4) is 0 Å². The van der Waals surface area contributed by atoms with Crippen LogP contribution in [0, 0.1) is 17.1 Å². The van der Waals surface area contributed by atoms with Crippen LogP contribution >= 0.6 is 0 Å². The molecule has 4 heteroatoms. The summed E-state index contributed by atoms with van der Waals surface area (Å²) < 4.78 is 19.0. The van der Waals surface area contributed by atoms with Gasteiger partial charge in [-0.15, -0.1) is 0 Å². The van der Waals surface area contributed by atoms with Gasteiger partial charge in [0.15, 0.2) is 0 Å². The fraction of sp³-hybridized carbons (Fsp3) is 0.500. The molecule has 0 aliphatic carbocycles. The second kappa shape index (κ2) is 6.36. The van der Waals surface area contributed by atoms with Crippen LogP contribution in [-0.4, -0.2) is 19.3 Å². The number of hydrogen-bond donors (Lipinski definition) is 1. The first-order valence-corrected chi connectivity index (χ1v) is 6.35. The van der Waals surface area contributed by atoms with Gasteiger partial charge in [-0.1, -0.05) is 0 Å². The molecule has 0 spiro atoms. The van der Waals surface area contributed by atoms with Crippen molar-refractivity contribution in [1.82, 2.24) is 0 Å². The van der Waals surface area contributed by atoms with E-state index in [1.165, 1.54) is 6.07 Å². The fourth-order valence-electron chi connectivity index (χ4n) is 2.15. The van der Waals surface area contributed by atoms with Gasteiger partial charge in [0.1, 0.15) is 5.82 Å². The minimum Gasteiger partial charge on any atom is -0.383 e. The summed E-state index contributed by atoms with van der Waals surface area (Å²) in [6.45, 7) is 1.60. The SMILES string of the molecule is N#Cc1ccc(NCCCC2CCCO2)c(F)c1. The fourth-order valence-corrected chi connectivity index (χ4v) is 2.15. The van der Waals surface area contributed by atoms with E-state index < -0.39 is 0 Å². The van der Waals surface area contributed by atoms with Crippen molar-refractivity contribution in [2.75, 3.05) is 18.5 Å². The number of halogens is 1. The average molecular weight is 248 g/mol. The van der Waals surface area contributed by atoms with Gasteiger partial charge in [0.25, 0.3) is 0 Å². The summed E-state index contributed by atoms with van der Waals surface area (Å²) in [6.07, 6.45) is 4.67. The van der Waals surface area contributed by atoms with Crippen LogP contribution in [0.1, 0.15) is 31.2 Å². The number of ether oxygens (including phenoxy) is 1. The van der Waals surface area contributed by atoms with Crippen molar-refractivity contribution in [1.29, 1.82) is 5.26 Å². The molecule has 96 valence electrons. The van der Waals surface area contributed by atoms with Crippen molar-refractivity contribution >= 4 is 5.69 Å². The maximum absolute atomic E-state index is 13.5. The van der Waals surface area contributed by atoms with E-state index in [2.05, 4.69) is 5.32 Å². The van der Waals surface area contributed by atoms with Crippen LogP contribution in [0.15, 0.2) is 18.2 Å². The number of nitrogens with zero attached hydrogens (tertiary/aromatic N) is 1. The summed E-state index contributed by atoms with van der Waals surface area (Å²) >= 11 is 0. The number of benzene rings is 1. The quantitative estimate of drug-likeness (QED) is 0.814. The van der Waals surface area contributed by atoms with Crippen molar-refractivity contribution < 1.29 is 9.13 Å². The van der Waals surface area contributed by atoms with E-state index in [0.29, 0.717) is 17.4 Å². The molecule has 0 amide bonds. The number of nitriles is 1. The molecule has 0 aromatic heterocycles. The van der Waals surface area contributed by atoms with Crippen LogP contribution in [0.25, 0.3) is 0 Å². The predicted octanol–water partition coefficient (Wildman–Crippen LogP) is 3.07. The van der Waals surface area contributed by atoms with Crippen molar-refractivity contribution in [2.24, 2.45) is 0 Å². The molecule has 1 aliphatic rings. The second-order valence-corrected chi connectivity index (χ2v) is 4.51. The molecule has 0 bridgehead atoms. The van der Waals surface area contributed by atoms with E-state index in [9.17, 15) is 4.39 Å². The lowest BCUT2D eigenvalue weighted by Gasteiger charge is -2.10. The Morgan fingerprint density at radius 2 is 2.39 bits per heavy atom. The van der Waals surface area contributed by atoms with Gasteiger partial charge in [-0.3, -0.25) is 0 Å². The van der Waals surface area contributed by atoms with E-state index in [1.807, 2.05) is 6.07 Å². The summed E-state index contributed by atoms with van der Waals surface area (Å²) in [4.78, 5) is 0. The first-order chi connectivity index (χ1) is 8.79. The Balaban J connectivity index is 1.74. The van der Waals surface area contributed by atoms with Crippen LogP contribution < -0.4 is 5.32 Å². The number of nitrogens with one attached hydrogen (secondary N) is 1. The normalized spacial score (nSPS) is 18.6. The summed E-state index contributed by atoms with van der Waals surface area (Å²) in [6, 6.07) is 6.40. The van der Waals surface area contributed by atoms with E-state index in [1.54, 1.807) is 12.1 Å². The topological polar surface area (TPSA) is 45.0 Å². The summed E-state index contributed by atoms with van der Waals surface area (Å²) in [5.74, 6) is -0.369. The van der Waals surface area contributed by atoms with E-state index >= 15 is 0 Å². The lowest BCUT2D eigenvalue weighted by atomic mass is 10.1. The first kappa shape index (κ1) is 12.8. The molecule has 1 N–H and O–H groups in total. The number of rotatable bonds is 5. The highest BCUT2D eigenvalue weighted by atomic mass is 19.1. The van der Waals surface area contributed by atoms with Gasteiger partial charge < -0.3 is 10.1 Å². The molecule has 18 heavy (non-hydrogen) atoms. The van der Waals surface area contributed by atoms with Crippen LogP contribution in [-0.2, 0) is 4.74 Å². The minimum absolute atomic E-state index is 0.345. The zero-order chi connectivity index (χ0) is 12.8. The van der Waals surface area contributed by atoms with Gasteiger partial charge in [0.2, 0.25) is 0 Å². The molecule has 0 saturated carbocycles. The van der Waals surface area contributed by atoms with Gasteiger partial charge in [0.05, 0.1) is 23.4 Å². The molecule has 1 heterocycles. The summed E-state index contributed by atoms with van der Waals surface area (Å²) in [5, 5.41) is 11.7. The van der Waals surface area contributed by atoms with Crippen LogP contribution in [0.2, 0.25) is 0 Å². The number of hydrogen-bond acceptors (Lipinski definition) is 3. The first-order valence-electron chi connectivity index (χ1n) is 6.35. The molecule has 2 rings (SSSR count). The zero-order valence-corrected chi connectivity index (χ0v) is 10.3. The maximum Gasteiger partial charge on any atom is 0.147 e. The molecule has 3 nitrogen and oxygen atoms in total.